The van der Waals surface area contributed by atoms with Gasteiger partial charge < -0.3 is 25.8 Å². The van der Waals surface area contributed by atoms with Gasteiger partial charge in [-0.05, 0) is 88.5 Å². The maximum Gasteiger partial charge on any atom is 0.325 e. The van der Waals surface area contributed by atoms with Crippen LogP contribution >= 0.6 is 12.4 Å². The number of fused-ring (bicyclic) bond motifs is 2. The number of hydrogen-bond donors (Lipinski definition) is 3. The highest BCUT2D eigenvalue weighted by atomic mass is 35.5. The molecule has 2 amide bonds. The predicted octanol–water partition coefficient (Wildman–Crippen LogP) is 3.06. The van der Waals surface area contributed by atoms with Gasteiger partial charge in [0.05, 0.1) is 18.8 Å². The first-order chi connectivity index (χ1) is 14.7. The van der Waals surface area contributed by atoms with Crippen LogP contribution < -0.4 is 16.4 Å². The number of ether oxygens (including phenoxy) is 2. The van der Waals surface area contributed by atoms with Crippen molar-refractivity contribution < 1.29 is 23.9 Å². The van der Waals surface area contributed by atoms with E-state index in [2.05, 4.69) is 21.4 Å². The van der Waals surface area contributed by atoms with Crippen LogP contribution in [0, 0.1) is 0 Å². The van der Waals surface area contributed by atoms with Gasteiger partial charge in [0.15, 0.2) is 0 Å². The van der Waals surface area contributed by atoms with Gasteiger partial charge in [0.1, 0.15) is 6.54 Å². The van der Waals surface area contributed by atoms with E-state index in [0.29, 0.717) is 0 Å². The van der Waals surface area contributed by atoms with Crippen LogP contribution in [0.2, 0.25) is 0 Å². The lowest BCUT2D eigenvalue weighted by Crippen LogP contribution is -2.35. The lowest BCUT2D eigenvalue weighted by Gasteiger charge is -2.16. The Bertz CT molecular complexity index is 779. The van der Waals surface area contributed by atoms with Crippen LogP contribution in [-0.2, 0) is 44.7 Å². The first-order valence-electron chi connectivity index (χ1n) is 11.0. The van der Waals surface area contributed by atoms with E-state index in [9.17, 15) is 14.4 Å². The molecule has 0 atom stereocenters. The molecule has 0 bridgehead atoms. The molecule has 0 heterocycles. The van der Waals surface area contributed by atoms with Gasteiger partial charge in [0.2, 0.25) is 0 Å². The summed E-state index contributed by atoms with van der Waals surface area (Å²) < 4.78 is 9.65. The van der Waals surface area contributed by atoms with Gasteiger partial charge in [-0.25, -0.2) is 4.79 Å². The third-order valence-electron chi connectivity index (χ3n) is 5.01. The number of amides is 2. The minimum atomic E-state index is -0.418. The number of aryl methyl sites for hydroxylation is 2. The van der Waals surface area contributed by atoms with Gasteiger partial charge >= 0.3 is 18.0 Å². The van der Waals surface area contributed by atoms with Crippen molar-refractivity contribution in [1.82, 2.24) is 5.32 Å². The van der Waals surface area contributed by atoms with Gasteiger partial charge in [-0.15, -0.1) is 12.4 Å². The number of benzene rings is 1. The third-order valence-corrected chi connectivity index (χ3v) is 5.01. The Labute approximate surface area is 196 Å². The molecule has 4 N–H and O–H groups in total. The van der Waals surface area contributed by atoms with E-state index >= 15 is 0 Å². The summed E-state index contributed by atoms with van der Waals surface area (Å²) in [5, 5.41) is 5.59. The summed E-state index contributed by atoms with van der Waals surface area (Å²) >= 11 is 0. The largest absolute Gasteiger partial charge is 0.462 e. The summed E-state index contributed by atoms with van der Waals surface area (Å²) in [7, 11) is 0. The second kappa shape index (κ2) is 13.3. The summed E-state index contributed by atoms with van der Waals surface area (Å²) in [6.45, 7) is 7.00. The van der Waals surface area contributed by atoms with Gasteiger partial charge in [0, 0.05) is 5.69 Å². The average molecular weight is 470 g/mol. The van der Waals surface area contributed by atoms with E-state index in [1.54, 1.807) is 27.7 Å². The highest BCUT2D eigenvalue weighted by molar-refractivity contribution is 5.93. The topological polar surface area (TPSA) is 120 Å². The van der Waals surface area contributed by atoms with E-state index in [0.717, 1.165) is 44.2 Å². The second-order valence-corrected chi connectivity index (χ2v) is 8.32. The standard InChI is InChI=1S/C18H24N2O3.C5H11NO2.ClH/c1-11(2)23-16(21)10-19-18(22)20-17-14-7-3-5-12(14)9-13-6-4-8-15(13)17;1-4(2)8-5(7)3-6;/h9,11H,3-8,10H2,1-2H3,(H2,19,20,22);4H,3,6H2,1-2H3;1H. The van der Waals surface area contributed by atoms with Crippen LogP contribution in [0.5, 0.6) is 0 Å². The fraction of sp³-hybridized carbons (Fsp3) is 0.609. The van der Waals surface area contributed by atoms with Crippen molar-refractivity contribution in [3.8, 4) is 0 Å². The summed E-state index contributed by atoms with van der Waals surface area (Å²) in [6, 6.07) is 1.99. The molecule has 0 unspecified atom stereocenters. The maximum absolute atomic E-state index is 12.2. The Morgan fingerprint density at radius 3 is 1.84 bits per heavy atom. The van der Waals surface area contributed by atoms with E-state index in [1.165, 1.54) is 22.3 Å². The number of rotatable bonds is 6. The Morgan fingerprint density at radius 1 is 0.906 bits per heavy atom. The molecule has 0 saturated carbocycles. The molecule has 32 heavy (non-hydrogen) atoms. The molecule has 0 spiro atoms. The molecule has 8 nitrogen and oxygen atoms in total. The highest BCUT2D eigenvalue weighted by Crippen LogP contribution is 2.38. The number of nitrogens with one attached hydrogen (secondary N) is 2. The lowest BCUT2D eigenvalue weighted by atomic mass is 9.99. The van der Waals surface area contributed by atoms with Crippen molar-refractivity contribution in [2.24, 2.45) is 5.73 Å². The number of carbonyl (C=O) groups excluding carboxylic acids is 3. The zero-order chi connectivity index (χ0) is 23.0. The fourth-order valence-corrected chi connectivity index (χ4v) is 3.89. The van der Waals surface area contributed by atoms with Crippen LogP contribution in [0.4, 0.5) is 10.5 Å². The minimum Gasteiger partial charge on any atom is -0.462 e. The van der Waals surface area contributed by atoms with Crippen molar-refractivity contribution in [3.63, 3.8) is 0 Å². The molecule has 0 fully saturated rings. The van der Waals surface area contributed by atoms with Crippen LogP contribution in [0.1, 0.15) is 62.8 Å². The van der Waals surface area contributed by atoms with Crippen LogP contribution in [0.15, 0.2) is 6.07 Å². The average Bonchev–Trinajstić information content (AvgIpc) is 3.34. The summed E-state index contributed by atoms with van der Waals surface area (Å²) in [5.41, 5.74) is 11.3. The van der Waals surface area contributed by atoms with Crippen molar-refractivity contribution in [2.45, 2.75) is 78.4 Å². The first-order valence-corrected chi connectivity index (χ1v) is 11.0. The lowest BCUT2D eigenvalue weighted by molar-refractivity contribution is -0.146. The molecule has 3 rings (SSSR count). The molecule has 2 aliphatic rings. The van der Waals surface area contributed by atoms with E-state index in [-0.39, 0.29) is 49.7 Å². The van der Waals surface area contributed by atoms with Crippen molar-refractivity contribution >= 4 is 36.1 Å². The second-order valence-electron chi connectivity index (χ2n) is 8.32. The van der Waals surface area contributed by atoms with E-state index < -0.39 is 5.97 Å². The Morgan fingerprint density at radius 2 is 1.41 bits per heavy atom. The zero-order valence-electron chi connectivity index (χ0n) is 19.4. The fourth-order valence-electron chi connectivity index (χ4n) is 3.89. The minimum absolute atomic E-state index is 0. The van der Waals surface area contributed by atoms with Gasteiger partial charge in [0.25, 0.3) is 0 Å². The number of nitrogens with two attached hydrogens (primary N) is 1. The summed E-state index contributed by atoms with van der Waals surface area (Å²) in [6.07, 6.45) is 6.31. The molecule has 0 aromatic heterocycles. The molecule has 0 radical (unpaired) electrons. The Balaban J connectivity index is 0.000000491. The highest BCUT2D eigenvalue weighted by Gasteiger charge is 2.25. The number of carbonyl (C=O) groups is 3. The molecular weight excluding hydrogens is 434 g/mol. The van der Waals surface area contributed by atoms with Crippen molar-refractivity contribution in [2.75, 3.05) is 18.4 Å². The molecule has 0 saturated heterocycles. The molecule has 180 valence electrons. The molecule has 0 aliphatic heterocycles. The number of hydrogen-bond acceptors (Lipinski definition) is 6. The smallest absolute Gasteiger partial charge is 0.325 e. The normalized spacial score (nSPS) is 13.3. The van der Waals surface area contributed by atoms with Gasteiger partial charge in [-0.3, -0.25) is 9.59 Å². The van der Waals surface area contributed by atoms with E-state index in [1.807, 2.05) is 0 Å². The van der Waals surface area contributed by atoms with Gasteiger partial charge in [-0.2, -0.15) is 0 Å². The Kier molecular flexibility index (Phi) is 11.5. The Hall–Kier alpha value is -2.32. The molecular formula is C23H36ClN3O5. The van der Waals surface area contributed by atoms with Crippen LogP contribution in [0.25, 0.3) is 0 Å². The maximum atomic E-state index is 12.2. The monoisotopic (exact) mass is 469 g/mol. The first kappa shape index (κ1) is 27.7. The van der Waals surface area contributed by atoms with Crippen LogP contribution in [-0.4, -0.2) is 43.3 Å². The van der Waals surface area contributed by atoms with E-state index in [4.69, 9.17) is 10.5 Å². The number of halogens is 1. The van der Waals surface area contributed by atoms with Crippen molar-refractivity contribution in [3.05, 3.63) is 28.3 Å². The third kappa shape index (κ3) is 8.31. The SMILES string of the molecule is CC(C)OC(=O)CN.CC(C)OC(=O)CNC(=O)Nc1c2c(cc3c1CCC3)CCC2.Cl. The van der Waals surface area contributed by atoms with Crippen molar-refractivity contribution in [1.29, 1.82) is 0 Å². The molecule has 1 aromatic carbocycles. The number of anilines is 1. The number of esters is 2. The molecule has 9 heteroatoms. The summed E-state index contributed by atoms with van der Waals surface area (Å²) in [4.78, 5) is 34.0. The summed E-state index contributed by atoms with van der Waals surface area (Å²) in [5.74, 6) is -0.765. The quantitative estimate of drug-likeness (QED) is 0.551. The number of urea groups is 1. The molecule has 2 aliphatic carbocycles. The van der Waals surface area contributed by atoms with Crippen LogP contribution in [0.3, 0.4) is 0 Å². The predicted molar refractivity (Wildman–Crippen MR) is 126 cm³/mol. The molecule has 1 aromatic rings. The zero-order valence-corrected chi connectivity index (χ0v) is 20.2. The van der Waals surface area contributed by atoms with Gasteiger partial charge in [-0.1, -0.05) is 6.07 Å².